The van der Waals surface area contributed by atoms with Crippen LogP contribution in [0.1, 0.15) is 48.0 Å². The fraction of sp³-hybridized carbons (Fsp3) is 0.440. The highest BCUT2D eigenvalue weighted by Crippen LogP contribution is 2.39. The first-order chi connectivity index (χ1) is 15.9. The number of benzene rings is 2. The first-order valence-electron chi connectivity index (χ1n) is 10.8. The minimum atomic E-state index is -0.307. The summed E-state index contributed by atoms with van der Waals surface area (Å²) in [6, 6.07) is 10.6. The molecule has 8 heteroatoms. The molecule has 1 aliphatic rings. The molecule has 1 amide bonds. The number of amides is 1. The molecular formula is C25H31NO7. The number of carbonyl (C=O) groups is 2. The van der Waals surface area contributed by atoms with Crippen LogP contribution in [-0.2, 0) is 9.53 Å². The van der Waals surface area contributed by atoms with E-state index in [2.05, 4.69) is 5.32 Å². The van der Waals surface area contributed by atoms with Gasteiger partial charge in [0.15, 0.2) is 23.0 Å². The van der Waals surface area contributed by atoms with Gasteiger partial charge in [0.25, 0.3) is 5.91 Å². The first-order valence-corrected chi connectivity index (χ1v) is 10.8. The Morgan fingerprint density at radius 3 is 2.03 bits per heavy atom. The van der Waals surface area contributed by atoms with Gasteiger partial charge in [-0.1, -0.05) is 6.07 Å². The van der Waals surface area contributed by atoms with Crippen LogP contribution in [0.3, 0.4) is 0 Å². The largest absolute Gasteiger partial charge is 0.493 e. The fourth-order valence-electron chi connectivity index (χ4n) is 4.33. The van der Waals surface area contributed by atoms with E-state index < -0.39 is 0 Å². The minimum Gasteiger partial charge on any atom is -0.493 e. The van der Waals surface area contributed by atoms with Crippen molar-refractivity contribution in [2.75, 3.05) is 28.4 Å². The van der Waals surface area contributed by atoms with Gasteiger partial charge in [0.1, 0.15) is 6.10 Å². The summed E-state index contributed by atoms with van der Waals surface area (Å²) < 4.78 is 26.9. The van der Waals surface area contributed by atoms with Crippen molar-refractivity contribution in [1.29, 1.82) is 0 Å². The molecule has 1 aliphatic carbocycles. The van der Waals surface area contributed by atoms with Crippen LogP contribution in [-0.4, -0.2) is 52.5 Å². The summed E-state index contributed by atoms with van der Waals surface area (Å²) in [5, 5.41) is 3.16. The van der Waals surface area contributed by atoms with E-state index in [-0.39, 0.29) is 29.9 Å². The van der Waals surface area contributed by atoms with Crippen LogP contribution >= 0.6 is 0 Å². The summed E-state index contributed by atoms with van der Waals surface area (Å²) in [6.07, 6.45) is 1.71. The highest BCUT2D eigenvalue weighted by atomic mass is 16.5. The third kappa shape index (κ3) is 5.69. The maximum Gasteiger partial charge on any atom is 0.302 e. The molecule has 33 heavy (non-hydrogen) atoms. The maximum absolute atomic E-state index is 13.1. The summed E-state index contributed by atoms with van der Waals surface area (Å²) in [5.74, 6) is 1.68. The second kappa shape index (κ2) is 10.9. The second-order valence-electron chi connectivity index (χ2n) is 7.92. The lowest BCUT2D eigenvalue weighted by Gasteiger charge is -2.36. The summed E-state index contributed by atoms with van der Waals surface area (Å²) in [6.45, 7) is 1.41. The molecule has 178 valence electrons. The van der Waals surface area contributed by atoms with Crippen molar-refractivity contribution in [3.63, 3.8) is 0 Å². The number of esters is 1. The molecule has 1 saturated carbocycles. The Labute approximate surface area is 194 Å². The SMILES string of the molecule is COc1ccc(C(=O)NC2CCC(OC(C)=O)CC2c2ccc(OC)c(OC)c2)cc1OC. The molecule has 2 aromatic carbocycles. The van der Waals surface area contributed by atoms with Crippen molar-refractivity contribution in [1.82, 2.24) is 5.32 Å². The van der Waals surface area contributed by atoms with E-state index >= 15 is 0 Å². The topological polar surface area (TPSA) is 92.3 Å². The van der Waals surface area contributed by atoms with Crippen molar-refractivity contribution in [3.05, 3.63) is 47.5 Å². The van der Waals surface area contributed by atoms with Crippen LogP contribution in [0.5, 0.6) is 23.0 Å². The zero-order chi connectivity index (χ0) is 24.0. The highest BCUT2D eigenvalue weighted by Gasteiger charge is 2.34. The zero-order valence-corrected chi connectivity index (χ0v) is 19.7. The normalized spacial score (nSPS) is 19.8. The first kappa shape index (κ1) is 24.2. The average molecular weight is 458 g/mol. The molecule has 0 bridgehead atoms. The molecule has 1 fully saturated rings. The van der Waals surface area contributed by atoms with Crippen molar-refractivity contribution in [2.24, 2.45) is 0 Å². The molecule has 0 aliphatic heterocycles. The lowest BCUT2D eigenvalue weighted by molar-refractivity contribution is -0.148. The molecule has 0 saturated heterocycles. The smallest absolute Gasteiger partial charge is 0.302 e. The molecular weight excluding hydrogens is 426 g/mol. The quantitative estimate of drug-likeness (QED) is 0.604. The van der Waals surface area contributed by atoms with Crippen LogP contribution in [0.4, 0.5) is 0 Å². The fourth-order valence-corrected chi connectivity index (χ4v) is 4.33. The van der Waals surface area contributed by atoms with E-state index in [1.54, 1.807) is 39.5 Å². The molecule has 2 aromatic rings. The van der Waals surface area contributed by atoms with Gasteiger partial charge in [0.2, 0.25) is 0 Å². The Bertz CT molecular complexity index is 991. The number of methoxy groups -OCH3 is 4. The maximum atomic E-state index is 13.1. The lowest BCUT2D eigenvalue weighted by Crippen LogP contribution is -2.44. The van der Waals surface area contributed by atoms with Crippen LogP contribution in [0.2, 0.25) is 0 Å². The summed E-state index contributed by atoms with van der Waals surface area (Å²) in [7, 11) is 6.25. The van der Waals surface area contributed by atoms with Crippen molar-refractivity contribution < 1.29 is 33.3 Å². The average Bonchev–Trinajstić information content (AvgIpc) is 2.83. The minimum absolute atomic E-state index is 0.0769. The van der Waals surface area contributed by atoms with Gasteiger partial charge in [-0.05, 0) is 55.2 Å². The molecule has 0 spiro atoms. The van der Waals surface area contributed by atoms with E-state index in [0.29, 0.717) is 47.8 Å². The van der Waals surface area contributed by atoms with E-state index in [0.717, 1.165) is 5.56 Å². The highest BCUT2D eigenvalue weighted by molar-refractivity contribution is 5.95. The molecule has 3 unspecified atom stereocenters. The predicted molar refractivity (Wildman–Crippen MR) is 122 cm³/mol. The van der Waals surface area contributed by atoms with E-state index in [1.165, 1.54) is 14.0 Å². The van der Waals surface area contributed by atoms with Crippen LogP contribution < -0.4 is 24.3 Å². The van der Waals surface area contributed by atoms with Gasteiger partial charge in [-0.2, -0.15) is 0 Å². The van der Waals surface area contributed by atoms with Crippen molar-refractivity contribution in [3.8, 4) is 23.0 Å². The van der Waals surface area contributed by atoms with Gasteiger partial charge in [-0.15, -0.1) is 0 Å². The summed E-state index contributed by atoms with van der Waals surface area (Å²) >= 11 is 0. The third-order valence-corrected chi connectivity index (χ3v) is 5.93. The Balaban J connectivity index is 1.87. The number of rotatable bonds is 8. The van der Waals surface area contributed by atoms with Gasteiger partial charge >= 0.3 is 5.97 Å². The molecule has 8 nitrogen and oxygen atoms in total. The Morgan fingerprint density at radius 1 is 0.818 bits per heavy atom. The number of nitrogens with one attached hydrogen (secondary N) is 1. The molecule has 1 N–H and O–H groups in total. The van der Waals surface area contributed by atoms with Crippen LogP contribution in [0.25, 0.3) is 0 Å². The monoisotopic (exact) mass is 457 g/mol. The zero-order valence-electron chi connectivity index (χ0n) is 19.7. The molecule has 3 rings (SSSR count). The summed E-state index contributed by atoms with van der Waals surface area (Å²) in [4.78, 5) is 24.6. The number of ether oxygens (including phenoxy) is 5. The van der Waals surface area contributed by atoms with E-state index in [9.17, 15) is 9.59 Å². The Hall–Kier alpha value is -3.42. The van der Waals surface area contributed by atoms with Gasteiger partial charge in [-0.3, -0.25) is 9.59 Å². The lowest BCUT2D eigenvalue weighted by atomic mass is 9.78. The number of carbonyl (C=O) groups excluding carboxylic acids is 2. The van der Waals surface area contributed by atoms with Crippen molar-refractivity contribution >= 4 is 11.9 Å². The Kier molecular flexibility index (Phi) is 8.03. The second-order valence-corrected chi connectivity index (χ2v) is 7.92. The van der Waals surface area contributed by atoms with E-state index in [1.807, 2.05) is 18.2 Å². The van der Waals surface area contributed by atoms with E-state index in [4.69, 9.17) is 23.7 Å². The third-order valence-electron chi connectivity index (χ3n) is 5.93. The van der Waals surface area contributed by atoms with Gasteiger partial charge in [0.05, 0.1) is 28.4 Å². The molecule has 0 heterocycles. The van der Waals surface area contributed by atoms with Crippen molar-refractivity contribution in [2.45, 2.75) is 44.2 Å². The summed E-state index contributed by atoms with van der Waals surface area (Å²) in [5.41, 5.74) is 1.45. The Morgan fingerprint density at radius 2 is 1.42 bits per heavy atom. The molecule has 3 atom stereocenters. The predicted octanol–water partition coefficient (Wildman–Crippen LogP) is 3.72. The van der Waals surface area contributed by atoms with Gasteiger partial charge in [0, 0.05) is 24.4 Å². The number of hydrogen-bond acceptors (Lipinski definition) is 7. The standard InChI is InChI=1S/C25H31NO7/c1-15(27)33-18-8-9-20(19(14-18)16-6-10-21(29-2)23(12-16)31-4)26-25(28)17-7-11-22(30-3)24(13-17)32-5/h6-7,10-13,18-20H,8-9,14H2,1-5H3,(H,26,28). The van der Waals surface area contributed by atoms with Crippen LogP contribution in [0, 0.1) is 0 Å². The molecule has 0 aromatic heterocycles. The number of hydrogen-bond donors (Lipinski definition) is 1. The van der Waals surface area contributed by atoms with Gasteiger partial charge < -0.3 is 29.0 Å². The van der Waals surface area contributed by atoms with Crippen LogP contribution in [0.15, 0.2) is 36.4 Å². The molecule has 0 radical (unpaired) electrons. The van der Waals surface area contributed by atoms with Gasteiger partial charge in [-0.25, -0.2) is 0 Å².